The number of ether oxygens (including phenoxy) is 1. The highest BCUT2D eigenvalue weighted by molar-refractivity contribution is 7.92. The number of fused-ring (bicyclic) bond motifs is 2. The first kappa shape index (κ1) is 24.9. The summed E-state index contributed by atoms with van der Waals surface area (Å²) in [6.07, 6.45) is 1.91. The third-order valence-corrected chi connectivity index (χ3v) is 6.99. The first-order chi connectivity index (χ1) is 14.9. The third kappa shape index (κ3) is 5.66. The van der Waals surface area contributed by atoms with Crippen LogP contribution in [0, 0.1) is 6.92 Å². The highest BCUT2D eigenvalue weighted by Gasteiger charge is 2.34. The third-order valence-electron chi connectivity index (χ3n) is 5.17. The molecular formula is C24H34N2O4S. The lowest BCUT2D eigenvalue weighted by Crippen LogP contribution is -2.26. The average Bonchev–Trinajstić information content (AvgIpc) is 2.83. The Kier molecular flexibility index (Phi) is 9.07. The number of unbranched alkanes of at least 4 members (excludes halogenated alkanes) is 1. The summed E-state index contributed by atoms with van der Waals surface area (Å²) in [5, 5.41) is 3.51. The van der Waals surface area contributed by atoms with E-state index in [-0.39, 0.29) is 12.0 Å². The summed E-state index contributed by atoms with van der Waals surface area (Å²) in [5.41, 5.74) is 3.25. The van der Waals surface area contributed by atoms with Crippen molar-refractivity contribution in [3.8, 4) is 0 Å². The number of hydrogen-bond donors (Lipinski definition) is 1. The van der Waals surface area contributed by atoms with E-state index in [1.54, 1.807) is 20.0 Å². The molecule has 2 aromatic rings. The van der Waals surface area contributed by atoms with Gasteiger partial charge in [-0.15, -0.1) is 0 Å². The summed E-state index contributed by atoms with van der Waals surface area (Å²) in [5.74, 6) is -0.180. The lowest BCUT2D eigenvalue weighted by Gasteiger charge is -2.22. The molecule has 1 aliphatic rings. The number of rotatable bonds is 7. The van der Waals surface area contributed by atoms with Gasteiger partial charge in [0.2, 0.25) is 0 Å². The number of anilines is 1. The molecule has 2 aromatic carbocycles. The Labute approximate surface area is 186 Å². The van der Waals surface area contributed by atoms with Gasteiger partial charge in [0.05, 0.1) is 23.2 Å². The predicted octanol–water partition coefficient (Wildman–Crippen LogP) is 4.57. The van der Waals surface area contributed by atoms with Gasteiger partial charge in [0.15, 0.2) is 0 Å². The molecule has 0 spiro atoms. The number of nitrogens with one attached hydrogen (secondary N) is 1. The number of carbonyl (C=O) groups excluding carboxylic acids is 1. The van der Waals surface area contributed by atoms with Gasteiger partial charge >= 0.3 is 5.97 Å². The molecule has 1 aliphatic heterocycles. The molecular weight excluding hydrogens is 412 g/mol. The van der Waals surface area contributed by atoms with Crippen LogP contribution >= 0.6 is 0 Å². The average molecular weight is 447 g/mol. The standard InChI is InChI=1S/C22H28N2O4S.C2H6/c1-4-28-21(25)11-7-8-14-23-22-17-9-5-6-10-19(17)24(3)29(26,27)20-15-16(2)12-13-18(20)22;1-2/h5-6,9-10,12-13,15,22-23H,4,7-8,11,14H2,1-3H3;1-2H3. The Morgan fingerprint density at radius 3 is 2.52 bits per heavy atom. The number of carbonyl (C=O) groups is 1. The normalized spacial score (nSPS) is 16.3. The first-order valence-electron chi connectivity index (χ1n) is 10.9. The van der Waals surface area contributed by atoms with Crippen LogP contribution in [0.1, 0.15) is 62.8 Å². The minimum Gasteiger partial charge on any atom is -0.466 e. The second kappa shape index (κ2) is 11.3. The summed E-state index contributed by atoms with van der Waals surface area (Å²) < 4.78 is 32.8. The molecule has 6 nitrogen and oxygen atoms in total. The maximum atomic E-state index is 13.2. The molecule has 3 rings (SSSR count). The van der Waals surface area contributed by atoms with Crippen LogP contribution < -0.4 is 9.62 Å². The summed E-state index contributed by atoms with van der Waals surface area (Å²) >= 11 is 0. The molecule has 1 N–H and O–H groups in total. The topological polar surface area (TPSA) is 75.7 Å². The second-order valence-corrected chi connectivity index (χ2v) is 9.16. The fraction of sp³-hybridized carbons (Fsp3) is 0.458. The molecule has 0 saturated heterocycles. The molecule has 0 aromatic heterocycles. The SMILES string of the molecule is CC.CCOC(=O)CCCCNC1c2ccccc2N(C)S(=O)(=O)c2cc(C)ccc21. The van der Waals surface area contributed by atoms with Crippen molar-refractivity contribution < 1.29 is 17.9 Å². The van der Waals surface area contributed by atoms with Crippen LogP contribution in [0.3, 0.4) is 0 Å². The molecule has 0 amide bonds. The van der Waals surface area contributed by atoms with Crippen LogP contribution in [0.4, 0.5) is 5.69 Å². The van der Waals surface area contributed by atoms with E-state index in [1.165, 1.54) is 4.31 Å². The molecule has 0 fully saturated rings. The maximum absolute atomic E-state index is 13.2. The quantitative estimate of drug-likeness (QED) is 0.498. The van der Waals surface area contributed by atoms with Crippen molar-refractivity contribution in [3.05, 3.63) is 59.2 Å². The van der Waals surface area contributed by atoms with Crippen LogP contribution in [-0.2, 0) is 19.6 Å². The van der Waals surface area contributed by atoms with E-state index in [9.17, 15) is 13.2 Å². The van der Waals surface area contributed by atoms with Crippen molar-refractivity contribution in [1.82, 2.24) is 5.32 Å². The Bertz CT molecular complexity index is 989. The largest absolute Gasteiger partial charge is 0.466 e. The number of aryl methyl sites for hydroxylation is 1. The van der Waals surface area contributed by atoms with Gasteiger partial charge < -0.3 is 10.1 Å². The molecule has 31 heavy (non-hydrogen) atoms. The summed E-state index contributed by atoms with van der Waals surface area (Å²) in [7, 11) is -2.05. The fourth-order valence-corrected chi connectivity index (χ4v) is 5.20. The van der Waals surface area contributed by atoms with Crippen molar-refractivity contribution in [1.29, 1.82) is 0 Å². The predicted molar refractivity (Wildman–Crippen MR) is 125 cm³/mol. The van der Waals surface area contributed by atoms with Gasteiger partial charge in [0.25, 0.3) is 10.0 Å². The van der Waals surface area contributed by atoms with Gasteiger partial charge in [-0.25, -0.2) is 8.42 Å². The molecule has 0 bridgehead atoms. The smallest absolute Gasteiger partial charge is 0.305 e. The first-order valence-corrected chi connectivity index (χ1v) is 12.4. The van der Waals surface area contributed by atoms with Gasteiger partial charge in [-0.05, 0) is 62.1 Å². The molecule has 0 radical (unpaired) electrons. The lowest BCUT2D eigenvalue weighted by atomic mass is 9.96. The zero-order chi connectivity index (χ0) is 23.0. The Balaban J connectivity index is 0.00000166. The minimum absolute atomic E-state index is 0.180. The van der Waals surface area contributed by atoms with E-state index >= 15 is 0 Å². The zero-order valence-electron chi connectivity index (χ0n) is 19.1. The lowest BCUT2D eigenvalue weighted by molar-refractivity contribution is -0.143. The van der Waals surface area contributed by atoms with E-state index in [1.807, 2.05) is 57.2 Å². The van der Waals surface area contributed by atoms with Gasteiger partial charge in [0.1, 0.15) is 0 Å². The molecule has 170 valence electrons. The number of nitrogens with zero attached hydrogens (tertiary/aromatic N) is 1. The number of sulfonamides is 1. The van der Waals surface area contributed by atoms with Gasteiger partial charge in [0, 0.05) is 13.5 Å². The van der Waals surface area contributed by atoms with E-state index in [4.69, 9.17) is 4.74 Å². The molecule has 1 atom stereocenters. The highest BCUT2D eigenvalue weighted by atomic mass is 32.2. The molecule has 1 heterocycles. The van der Waals surface area contributed by atoms with E-state index in [2.05, 4.69) is 5.32 Å². The number of para-hydroxylation sites is 1. The van der Waals surface area contributed by atoms with Crippen LogP contribution in [0.25, 0.3) is 0 Å². The van der Waals surface area contributed by atoms with Crippen molar-refractivity contribution >= 4 is 21.7 Å². The molecule has 7 heteroatoms. The molecule has 1 unspecified atom stereocenters. The maximum Gasteiger partial charge on any atom is 0.305 e. The Hall–Kier alpha value is -2.38. The Morgan fingerprint density at radius 2 is 1.81 bits per heavy atom. The monoisotopic (exact) mass is 446 g/mol. The van der Waals surface area contributed by atoms with E-state index in [0.29, 0.717) is 30.2 Å². The summed E-state index contributed by atoms with van der Waals surface area (Å²) in [6, 6.07) is 12.9. The van der Waals surface area contributed by atoms with E-state index < -0.39 is 10.0 Å². The van der Waals surface area contributed by atoms with Crippen LogP contribution in [0.15, 0.2) is 47.4 Å². The second-order valence-electron chi connectivity index (χ2n) is 7.22. The fourth-order valence-electron chi connectivity index (χ4n) is 3.66. The number of esters is 1. The van der Waals surface area contributed by atoms with Crippen molar-refractivity contribution in [2.75, 3.05) is 24.5 Å². The summed E-state index contributed by atoms with van der Waals surface area (Å²) in [4.78, 5) is 11.8. The van der Waals surface area contributed by atoms with Crippen LogP contribution in [0.5, 0.6) is 0 Å². The van der Waals surface area contributed by atoms with Gasteiger partial charge in [-0.2, -0.15) is 0 Å². The van der Waals surface area contributed by atoms with Crippen molar-refractivity contribution in [3.63, 3.8) is 0 Å². The zero-order valence-corrected chi connectivity index (χ0v) is 20.0. The summed E-state index contributed by atoms with van der Waals surface area (Å²) in [6.45, 7) is 8.75. The van der Waals surface area contributed by atoms with Crippen LogP contribution in [0.2, 0.25) is 0 Å². The Morgan fingerprint density at radius 1 is 1.10 bits per heavy atom. The van der Waals surface area contributed by atoms with Crippen molar-refractivity contribution in [2.24, 2.45) is 0 Å². The van der Waals surface area contributed by atoms with Crippen molar-refractivity contribution in [2.45, 2.75) is 57.9 Å². The van der Waals surface area contributed by atoms with E-state index in [0.717, 1.165) is 29.5 Å². The molecule has 0 aliphatic carbocycles. The highest BCUT2D eigenvalue weighted by Crippen LogP contribution is 2.40. The molecule has 0 saturated carbocycles. The van der Waals surface area contributed by atoms with Crippen LogP contribution in [-0.4, -0.2) is 34.6 Å². The minimum atomic E-state index is -3.65. The van der Waals surface area contributed by atoms with Gasteiger partial charge in [-0.3, -0.25) is 9.10 Å². The number of hydrogen-bond acceptors (Lipinski definition) is 5. The van der Waals surface area contributed by atoms with Gasteiger partial charge in [-0.1, -0.05) is 44.2 Å². The number of benzene rings is 2.